The van der Waals surface area contributed by atoms with E-state index in [9.17, 15) is 0 Å². The van der Waals surface area contributed by atoms with Gasteiger partial charge in [0.05, 0.1) is 0 Å². The van der Waals surface area contributed by atoms with Crippen molar-refractivity contribution < 1.29 is 0 Å². The fourth-order valence-electron chi connectivity index (χ4n) is 2.08. The number of anilines is 1. The van der Waals surface area contributed by atoms with E-state index in [2.05, 4.69) is 21.3 Å². The predicted molar refractivity (Wildman–Crippen MR) is 63.2 cm³/mol. The van der Waals surface area contributed by atoms with E-state index in [1.54, 1.807) is 6.07 Å². The maximum absolute atomic E-state index is 8.82. The third-order valence-electron chi connectivity index (χ3n) is 3.00. The van der Waals surface area contributed by atoms with Crippen molar-refractivity contribution in [2.45, 2.75) is 18.9 Å². The number of aromatic nitrogens is 1. The van der Waals surface area contributed by atoms with Crippen LogP contribution in [0, 0.1) is 11.3 Å². The van der Waals surface area contributed by atoms with Crippen molar-refractivity contribution in [1.82, 2.24) is 10.3 Å². The molecule has 84 valence electrons. The molecule has 2 rings (SSSR count). The number of nitrogens with zero attached hydrogens (tertiary/aromatic N) is 3. The minimum absolute atomic E-state index is 0.490. The topological polar surface area (TPSA) is 52.0 Å². The van der Waals surface area contributed by atoms with Crippen LogP contribution < -0.4 is 10.2 Å². The molecule has 0 radical (unpaired) electrons. The van der Waals surface area contributed by atoms with Crippen LogP contribution >= 0.6 is 0 Å². The van der Waals surface area contributed by atoms with Gasteiger partial charge in [-0.15, -0.1) is 0 Å². The average molecular weight is 216 g/mol. The molecular formula is C12H16N4. The molecule has 4 heteroatoms. The van der Waals surface area contributed by atoms with Crippen LogP contribution in [-0.4, -0.2) is 31.2 Å². The summed E-state index contributed by atoms with van der Waals surface area (Å²) in [4.78, 5) is 6.56. The number of piperidine rings is 1. The highest BCUT2D eigenvalue weighted by Gasteiger charge is 2.19. The van der Waals surface area contributed by atoms with Crippen LogP contribution in [0.25, 0.3) is 0 Å². The Hall–Kier alpha value is -1.60. The number of hydrogen-bond donors (Lipinski definition) is 1. The second-order valence-electron chi connectivity index (χ2n) is 4.07. The first-order chi connectivity index (χ1) is 7.83. The predicted octanol–water partition coefficient (Wildman–Crippen LogP) is 1.14. The Kier molecular flexibility index (Phi) is 3.37. The monoisotopic (exact) mass is 216 g/mol. The zero-order valence-electron chi connectivity index (χ0n) is 9.48. The van der Waals surface area contributed by atoms with E-state index in [0.29, 0.717) is 11.7 Å². The van der Waals surface area contributed by atoms with Crippen molar-refractivity contribution >= 4 is 5.82 Å². The van der Waals surface area contributed by atoms with E-state index in [1.807, 2.05) is 19.2 Å². The van der Waals surface area contributed by atoms with E-state index in [1.165, 1.54) is 12.8 Å². The largest absolute Gasteiger partial charge is 0.355 e. The SMILES string of the molecule is CNC1CCCN(c2cccc(C#N)n2)C1. The zero-order valence-corrected chi connectivity index (χ0v) is 9.48. The summed E-state index contributed by atoms with van der Waals surface area (Å²) >= 11 is 0. The number of nitriles is 1. The normalized spacial score (nSPS) is 20.5. The Balaban J connectivity index is 2.14. The molecule has 0 amide bonds. The van der Waals surface area contributed by atoms with Gasteiger partial charge >= 0.3 is 0 Å². The van der Waals surface area contributed by atoms with Crippen molar-refractivity contribution in [2.75, 3.05) is 25.0 Å². The summed E-state index contributed by atoms with van der Waals surface area (Å²) in [6.45, 7) is 2.00. The van der Waals surface area contributed by atoms with Gasteiger partial charge in [0.2, 0.25) is 0 Å². The van der Waals surface area contributed by atoms with Crippen molar-refractivity contribution in [3.05, 3.63) is 23.9 Å². The molecule has 1 aromatic heterocycles. The molecular weight excluding hydrogens is 200 g/mol. The molecule has 0 spiro atoms. The van der Waals surface area contributed by atoms with E-state index in [0.717, 1.165) is 18.9 Å². The first-order valence-electron chi connectivity index (χ1n) is 5.63. The molecule has 1 fully saturated rings. The highest BCUT2D eigenvalue weighted by molar-refractivity contribution is 5.42. The van der Waals surface area contributed by atoms with Crippen LogP contribution in [0.4, 0.5) is 5.82 Å². The van der Waals surface area contributed by atoms with Gasteiger partial charge in [-0.25, -0.2) is 4.98 Å². The average Bonchev–Trinajstić information content (AvgIpc) is 2.39. The van der Waals surface area contributed by atoms with Gasteiger partial charge in [-0.1, -0.05) is 6.07 Å². The molecule has 2 heterocycles. The highest BCUT2D eigenvalue weighted by atomic mass is 15.2. The molecule has 4 nitrogen and oxygen atoms in total. The fourth-order valence-corrected chi connectivity index (χ4v) is 2.08. The second-order valence-corrected chi connectivity index (χ2v) is 4.07. The van der Waals surface area contributed by atoms with Gasteiger partial charge in [-0.05, 0) is 32.0 Å². The Bertz CT molecular complexity index is 396. The molecule has 1 N–H and O–H groups in total. The van der Waals surface area contributed by atoms with Crippen LogP contribution in [0.1, 0.15) is 18.5 Å². The summed E-state index contributed by atoms with van der Waals surface area (Å²) in [5, 5.41) is 12.1. The Labute approximate surface area is 95.9 Å². The van der Waals surface area contributed by atoms with Crippen molar-refractivity contribution in [1.29, 1.82) is 5.26 Å². The van der Waals surface area contributed by atoms with Crippen LogP contribution in [-0.2, 0) is 0 Å². The summed E-state index contributed by atoms with van der Waals surface area (Å²) in [6.07, 6.45) is 2.38. The van der Waals surface area contributed by atoms with Crippen LogP contribution in [0.15, 0.2) is 18.2 Å². The number of pyridine rings is 1. The summed E-state index contributed by atoms with van der Waals surface area (Å²) in [5.74, 6) is 0.916. The first-order valence-corrected chi connectivity index (χ1v) is 5.63. The zero-order chi connectivity index (χ0) is 11.4. The molecule has 0 aromatic carbocycles. The maximum atomic E-state index is 8.82. The maximum Gasteiger partial charge on any atom is 0.142 e. The first kappa shape index (κ1) is 10.9. The van der Waals surface area contributed by atoms with E-state index >= 15 is 0 Å². The number of nitrogens with one attached hydrogen (secondary N) is 1. The van der Waals surface area contributed by atoms with Gasteiger partial charge in [0.1, 0.15) is 17.6 Å². The third-order valence-corrected chi connectivity index (χ3v) is 3.00. The van der Waals surface area contributed by atoms with Crippen LogP contribution in [0.3, 0.4) is 0 Å². The summed E-state index contributed by atoms with van der Waals surface area (Å²) in [6, 6.07) is 8.21. The number of rotatable bonds is 2. The molecule has 1 unspecified atom stereocenters. The van der Waals surface area contributed by atoms with Gasteiger partial charge in [-0.3, -0.25) is 0 Å². The van der Waals surface area contributed by atoms with Gasteiger partial charge in [0.25, 0.3) is 0 Å². The van der Waals surface area contributed by atoms with Crippen molar-refractivity contribution in [3.63, 3.8) is 0 Å². The molecule has 1 atom stereocenters. The lowest BCUT2D eigenvalue weighted by Gasteiger charge is -2.33. The standard InChI is InChI=1S/C12H16N4/c1-14-11-5-3-7-16(9-11)12-6-2-4-10(8-13)15-12/h2,4,6,11,14H,3,5,7,9H2,1H3. The quantitative estimate of drug-likeness (QED) is 0.805. The fraction of sp³-hybridized carbons (Fsp3) is 0.500. The molecule has 1 aliphatic rings. The van der Waals surface area contributed by atoms with Gasteiger partial charge in [-0.2, -0.15) is 5.26 Å². The summed E-state index contributed by atoms with van der Waals surface area (Å²) in [7, 11) is 1.99. The lowest BCUT2D eigenvalue weighted by Crippen LogP contribution is -2.44. The minimum Gasteiger partial charge on any atom is -0.355 e. The van der Waals surface area contributed by atoms with E-state index in [-0.39, 0.29) is 0 Å². The molecule has 0 saturated carbocycles. The van der Waals surface area contributed by atoms with Crippen molar-refractivity contribution in [3.8, 4) is 6.07 Å². The van der Waals surface area contributed by atoms with Crippen molar-refractivity contribution in [2.24, 2.45) is 0 Å². The molecule has 1 aromatic rings. The smallest absolute Gasteiger partial charge is 0.142 e. The minimum atomic E-state index is 0.490. The lowest BCUT2D eigenvalue weighted by molar-refractivity contribution is 0.447. The second kappa shape index (κ2) is 4.95. The molecule has 0 aliphatic carbocycles. The van der Waals surface area contributed by atoms with Crippen LogP contribution in [0.5, 0.6) is 0 Å². The van der Waals surface area contributed by atoms with Crippen LogP contribution in [0.2, 0.25) is 0 Å². The third kappa shape index (κ3) is 2.31. The van der Waals surface area contributed by atoms with E-state index < -0.39 is 0 Å². The lowest BCUT2D eigenvalue weighted by atomic mass is 10.1. The summed E-state index contributed by atoms with van der Waals surface area (Å²) in [5.41, 5.74) is 0.490. The molecule has 1 saturated heterocycles. The highest BCUT2D eigenvalue weighted by Crippen LogP contribution is 2.17. The molecule has 16 heavy (non-hydrogen) atoms. The Morgan fingerprint density at radius 3 is 3.19 bits per heavy atom. The van der Waals surface area contributed by atoms with Gasteiger partial charge in [0, 0.05) is 19.1 Å². The molecule has 1 aliphatic heterocycles. The summed E-state index contributed by atoms with van der Waals surface area (Å²) < 4.78 is 0. The van der Waals surface area contributed by atoms with Gasteiger partial charge in [0.15, 0.2) is 0 Å². The van der Waals surface area contributed by atoms with Gasteiger partial charge < -0.3 is 10.2 Å². The van der Waals surface area contributed by atoms with E-state index in [4.69, 9.17) is 5.26 Å². The number of hydrogen-bond acceptors (Lipinski definition) is 4. The number of likely N-dealkylation sites (N-methyl/N-ethyl adjacent to an activating group) is 1. The molecule has 0 bridgehead atoms. The Morgan fingerprint density at radius 2 is 2.44 bits per heavy atom. The Morgan fingerprint density at radius 1 is 1.56 bits per heavy atom.